The largest absolute Gasteiger partial charge is 0.377 e. The molecule has 0 unspecified atom stereocenters. The summed E-state index contributed by atoms with van der Waals surface area (Å²) in [5.41, 5.74) is 0.842. The van der Waals surface area contributed by atoms with Crippen LogP contribution in [0.4, 0.5) is 0 Å². The van der Waals surface area contributed by atoms with Gasteiger partial charge in [0.25, 0.3) is 0 Å². The third-order valence-electron chi connectivity index (χ3n) is 4.78. The second-order valence-corrected chi connectivity index (χ2v) is 9.57. The minimum Gasteiger partial charge on any atom is -0.377 e. The van der Waals surface area contributed by atoms with Crippen LogP contribution < -0.4 is 0 Å². The van der Waals surface area contributed by atoms with Crippen molar-refractivity contribution in [2.24, 2.45) is 5.92 Å². The second kappa shape index (κ2) is 9.33. The van der Waals surface area contributed by atoms with Crippen molar-refractivity contribution in [2.75, 3.05) is 26.3 Å². The summed E-state index contributed by atoms with van der Waals surface area (Å²) in [6, 6.07) is 6.67. The van der Waals surface area contributed by atoms with Crippen molar-refractivity contribution in [3.8, 4) is 0 Å². The highest BCUT2D eigenvalue weighted by molar-refractivity contribution is 7.92. The number of nitrogens with zero attached hydrogens (tertiary/aromatic N) is 1. The summed E-state index contributed by atoms with van der Waals surface area (Å²) in [5, 5.41) is -0.452. The molecule has 0 aliphatic carbocycles. The van der Waals surface area contributed by atoms with Crippen LogP contribution in [0.25, 0.3) is 0 Å². The van der Waals surface area contributed by atoms with E-state index in [-0.39, 0.29) is 5.91 Å². The number of piperidine rings is 1. The molecule has 5 nitrogen and oxygen atoms in total. The van der Waals surface area contributed by atoms with Gasteiger partial charge in [-0.05, 0) is 50.3 Å². The number of likely N-dealkylation sites (tertiary alicyclic amines) is 1. The fraction of sp³-hybridized carbons (Fsp3) is 0.550. The summed E-state index contributed by atoms with van der Waals surface area (Å²) in [6.07, 6.45) is 3.96. The van der Waals surface area contributed by atoms with E-state index in [9.17, 15) is 13.2 Å². The molecule has 1 aliphatic heterocycles. The number of hydrogen-bond donors (Lipinski definition) is 0. The maximum atomic E-state index is 12.5. The van der Waals surface area contributed by atoms with Crippen molar-refractivity contribution < 1.29 is 17.9 Å². The summed E-state index contributed by atoms with van der Waals surface area (Å²) >= 11 is 0. The lowest BCUT2D eigenvalue weighted by molar-refractivity contribution is -0.132. The topological polar surface area (TPSA) is 63.7 Å². The van der Waals surface area contributed by atoms with Crippen LogP contribution in [-0.2, 0) is 25.8 Å². The number of benzene rings is 1. The van der Waals surface area contributed by atoms with Gasteiger partial charge in [0, 0.05) is 19.7 Å². The van der Waals surface area contributed by atoms with Crippen LogP contribution in [0.5, 0.6) is 0 Å². The van der Waals surface area contributed by atoms with Gasteiger partial charge in [-0.15, -0.1) is 6.58 Å². The van der Waals surface area contributed by atoms with Crippen LogP contribution in [0, 0.1) is 5.92 Å². The SMILES string of the molecule is C=CCOCC1CCN(C(=O)Cc2ccc(S(=O)(=O)C(C)C)cc2)CC1. The van der Waals surface area contributed by atoms with Crippen LogP contribution >= 0.6 is 0 Å². The van der Waals surface area contributed by atoms with Gasteiger partial charge in [0.1, 0.15) is 0 Å². The Balaban J connectivity index is 1.86. The first-order chi connectivity index (χ1) is 12.3. The normalized spacial score (nSPS) is 16.0. The average molecular weight is 380 g/mol. The monoisotopic (exact) mass is 379 g/mol. The fourth-order valence-corrected chi connectivity index (χ4v) is 4.08. The smallest absolute Gasteiger partial charge is 0.226 e. The lowest BCUT2D eigenvalue weighted by Crippen LogP contribution is -2.40. The maximum Gasteiger partial charge on any atom is 0.226 e. The number of ether oxygens (including phenoxy) is 1. The molecule has 1 saturated heterocycles. The third kappa shape index (κ3) is 5.42. The third-order valence-corrected chi connectivity index (χ3v) is 6.95. The fourth-order valence-electron chi connectivity index (χ4n) is 3.02. The highest BCUT2D eigenvalue weighted by Crippen LogP contribution is 2.20. The molecule has 1 heterocycles. The molecule has 0 spiro atoms. The molecule has 0 atom stereocenters. The van der Waals surface area contributed by atoms with E-state index >= 15 is 0 Å². The number of carbonyl (C=O) groups excluding carboxylic acids is 1. The average Bonchev–Trinajstić information content (AvgIpc) is 2.63. The quantitative estimate of drug-likeness (QED) is 0.515. The van der Waals surface area contributed by atoms with Crippen molar-refractivity contribution in [1.29, 1.82) is 0 Å². The van der Waals surface area contributed by atoms with Gasteiger partial charge < -0.3 is 9.64 Å². The Morgan fingerprint density at radius 3 is 2.42 bits per heavy atom. The van der Waals surface area contributed by atoms with E-state index in [1.165, 1.54) is 0 Å². The van der Waals surface area contributed by atoms with E-state index in [0.717, 1.165) is 38.1 Å². The predicted molar refractivity (Wildman–Crippen MR) is 103 cm³/mol. The molecule has 1 amide bonds. The Morgan fingerprint density at radius 1 is 1.27 bits per heavy atom. The lowest BCUT2D eigenvalue weighted by atomic mass is 9.97. The van der Waals surface area contributed by atoms with Crippen molar-refractivity contribution in [1.82, 2.24) is 4.90 Å². The minimum absolute atomic E-state index is 0.0925. The zero-order chi connectivity index (χ0) is 19.2. The van der Waals surface area contributed by atoms with E-state index in [1.54, 1.807) is 44.2 Å². The molecule has 1 aliphatic rings. The lowest BCUT2D eigenvalue weighted by Gasteiger charge is -2.32. The van der Waals surface area contributed by atoms with Gasteiger partial charge in [0.05, 0.1) is 23.2 Å². The maximum absolute atomic E-state index is 12.5. The predicted octanol–water partition coefficient (Wildman–Crippen LogP) is 2.85. The first-order valence-electron chi connectivity index (χ1n) is 9.14. The Kier molecular flexibility index (Phi) is 7.41. The molecule has 1 aromatic rings. The van der Waals surface area contributed by atoms with Crippen LogP contribution in [0.2, 0.25) is 0 Å². The van der Waals surface area contributed by atoms with Crippen LogP contribution in [0.1, 0.15) is 32.3 Å². The summed E-state index contributed by atoms with van der Waals surface area (Å²) in [7, 11) is -3.27. The van der Waals surface area contributed by atoms with E-state index < -0.39 is 15.1 Å². The van der Waals surface area contributed by atoms with E-state index in [2.05, 4.69) is 6.58 Å². The number of amides is 1. The molecule has 2 rings (SSSR count). The molecule has 144 valence electrons. The standard InChI is InChI=1S/C20H29NO4S/c1-4-13-25-15-18-9-11-21(12-10-18)20(22)14-17-5-7-19(8-6-17)26(23,24)16(2)3/h4-8,16,18H,1,9-15H2,2-3H3. The molecular weight excluding hydrogens is 350 g/mol. The number of sulfone groups is 1. The Labute approximate surface area is 157 Å². The number of carbonyl (C=O) groups is 1. The van der Waals surface area contributed by atoms with Crippen molar-refractivity contribution in [3.05, 3.63) is 42.5 Å². The van der Waals surface area contributed by atoms with E-state index in [4.69, 9.17) is 4.74 Å². The molecule has 0 saturated carbocycles. The van der Waals surface area contributed by atoms with Gasteiger partial charge >= 0.3 is 0 Å². The Bertz CT molecular complexity index is 702. The van der Waals surface area contributed by atoms with Gasteiger partial charge in [-0.3, -0.25) is 4.79 Å². The Morgan fingerprint density at radius 2 is 1.88 bits per heavy atom. The molecule has 26 heavy (non-hydrogen) atoms. The molecule has 1 fully saturated rings. The summed E-state index contributed by atoms with van der Waals surface area (Å²) in [6.45, 7) is 9.76. The van der Waals surface area contributed by atoms with Crippen LogP contribution in [0.15, 0.2) is 41.8 Å². The highest BCUT2D eigenvalue weighted by Gasteiger charge is 2.23. The molecule has 0 N–H and O–H groups in total. The van der Waals surface area contributed by atoms with E-state index in [1.807, 2.05) is 4.90 Å². The molecule has 6 heteroatoms. The molecule has 0 bridgehead atoms. The molecule has 0 radical (unpaired) electrons. The van der Waals surface area contributed by atoms with Gasteiger partial charge in [-0.1, -0.05) is 18.2 Å². The van der Waals surface area contributed by atoms with Gasteiger partial charge in [0.15, 0.2) is 9.84 Å². The molecule has 0 aromatic heterocycles. The number of hydrogen-bond acceptors (Lipinski definition) is 4. The second-order valence-electron chi connectivity index (χ2n) is 7.06. The van der Waals surface area contributed by atoms with Gasteiger partial charge in [-0.2, -0.15) is 0 Å². The summed E-state index contributed by atoms with van der Waals surface area (Å²) < 4.78 is 29.8. The zero-order valence-corrected chi connectivity index (χ0v) is 16.5. The first-order valence-corrected chi connectivity index (χ1v) is 10.7. The minimum atomic E-state index is -3.27. The van der Waals surface area contributed by atoms with Crippen molar-refractivity contribution in [3.63, 3.8) is 0 Å². The molecular formula is C20H29NO4S. The van der Waals surface area contributed by atoms with Crippen LogP contribution in [0.3, 0.4) is 0 Å². The Hall–Kier alpha value is -1.66. The van der Waals surface area contributed by atoms with Crippen molar-refractivity contribution in [2.45, 2.75) is 43.3 Å². The van der Waals surface area contributed by atoms with E-state index in [0.29, 0.717) is 23.8 Å². The van der Waals surface area contributed by atoms with Crippen LogP contribution in [-0.4, -0.2) is 50.8 Å². The first kappa shape index (κ1) is 20.6. The summed E-state index contributed by atoms with van der Waals surface area (Å²) in [5.74, 6) is 0.592. The molecule has 1 aromatic carbocycles. The zero-order valence-electron chi connectivity index (χ0n) is 15.7. The number of rotatable bonds is 8. The summed E-state index contributed by atoms with van der Waals surface area (Å²) in [4.78, 5) is 14.7. The van der Waals surface area contributed by atoms with Gasteiger partial charge in [-0.25, -0.2) is 8.42 Å². The highest BCUT2D eigenvalue weighted by atomic mass is 32.2. The van der Waals surface area contributed by atoms with Gasteiger partial charge in [0.2, 0.25) is 5.91 Å². The van der Waals surface area contributed by atoms with Crippen molar-refractivity contribution >= 4 is 15.7 Å².